The third kappa shape index (κ3) is 2.73. The Morgan fingerprint density at radius 2 is 2.04 bits per heavy atom. The van der Waals surface area contributed by atoms with Gasteiger partial charge in [0.2, 0.25) is 0 Å². The Hall–Kier alpha value is -2.25. The molecule has 0 aliphatic carbocycles. The average molecular weight is 345 g/mol. The monoisotopic (exact) mass is 345 g/mol. The van der Waals surface area contributed by atoms with Crippen LogP contribution in [0.3, 0.4) is 0 Å². The van der Waals surface area contributed by atoms with Gasteiger partial charge in [-0.2, -0.15) is 0 Å². The summed E-state index contributed by atoms with van der Waals surface area (Å²) in [6.07, 6.45) is 1.90. The number of hydrogen-bond acceptors (Lipinski definition) is 5. The maximum Gasteiger partial charge on any atom is 0.271 e. The number of anilines is 1. The van der Waals surface area contributed by atoms with Crippen LogP contribution < -0.4 is 19.8 Å². The van der Waals surface area contributed by atoms with E-state index < -0.39 is 0 Å². The summed E-state index contributed by atoms with van der Waals surface area (Å²) >= 11 is 3.01. The fourth-order valence-electron chi connectivity index (χ4n) is 2.43. The largest absolute Gasteiger partial charge is 0.334 e. The lowest BCUT2D eigenvalue weighted by Crippen LogP contribution is -2.42. The third-order valence-electron chi connectivity index (χ3n) is 3.59. The van der Waals surface area contributed by atoms with Gasteiger partial charge >= 0.3 is 0 Å². The number of rotatable bonds is 2. The number of hydrogen-bond donors (Lipinski definition) is 0. The summed E-state index contributed by atoms with van der Waals surface area (Å²) in [6, 6.07) is 10.2. The first-order valence-corrected chi connectivity index (χ1v) is 8.70. The second-order valence-corrected chi connectivity index (χ2v) is 7.09. The van der Waals surface area contributed by atoms with Gasteiger partial charge in [-0.25, -0.2) is 9.38 Å². The molecule has 0 bridgehead atoms. The van der Waals surface area contributed by atoms with Gasteiger partial charge in [0, 0.05) is 10.6 Å². The molecule has 1 aromatic carbocycles. The Balaban J connectivity index is 1.72. The Kier molecular flexibility index (Phi) is 3.59. The normalized spacial score (nSPS) is 14.7. The van der Waals surface area contributed by atoms with Crippen molar-refractivity contribution in [3.05, 3.63) is 72.2 Å². The van der Waals surface area contributed by atoms with Crippen molar-refractivity contribution >= 4 is 34.4 Å². The highest BCUT2D eigenvalue weighted by molar-refractivity contribution is 7.11. The van der Waals surface area contributed by atoms with Crippen LogP contribution in [-0.2, 0) is 6.67 Å². The van der Waals surface area contributed by atoms with Crippen LogP contribution in [0.1, 0.15) is 4.88 Å². The molecule has 7 heteroatoms. The molecule has 1 aliphatic rings. The highest BCUT2D eigenvalue weighted by atomic mass is 32.1. The van der Waals surface area contributed by atoms with Crippen molar-refractivity contribution in [1.29, 1.82) is 0 Å². The van der Waals surface area contributed by atoms with Gasteiger partial charge in [0.1, 0.15) is 19.2 Å². The van der Waals surface area contributed by atoms with E-state index in [2.05, 4.69) is 4.99 Å². The molecule has 1 aliphatic heterocycles. The number of nitrogens with zero attached hydrogens (tertiary/aromatic N) is 3. The van der Waals surface area contributed by atoms with Crippen LogP contribution in [0, 0.1) is 5.82 Å². The standard InChI is InChI=1S/C16H12FN3OS2/c17-11-3-5-12(6-4-11)19-9-18-16-20(10-19)15(21)14(23-16)8-13-2-1-7-22-13/h1-8H,9-10H2/b14-8-. The van der Waals surface area contributed by atoms with E-state index >= 15 is 0 Å². The zero-order valence-corrected chi connectivity index (χ0v) is 13.6. The number of thiophene rings is 1. The molecule has 0 amide bonds. The minimum atomic E-state index is -0.274. The lowest BCUT2D eigenvalue weighted by atomic mass is 10.3. The summed E-state index contributed by atoms with van der Waals surface area (Å²) in [6.45, 7) is 0.891. The van der Waals surface area contributed by atoms with Gasteiger partial charge in [0.25, 0.3) is 5.56 Å². The predicted molar refractivity (Wildman–Crippen MR) is 91.0 cm³/mol. The van der Waals surface area contributed by atoms with Gasteiger partial charge < -0.3 is 4.90 Å². The number of thiazole rings is 1. The van der Waals surface area contributed by atoms with Crippen molar-refractivity contribution in [3.63, 3.8) is 0 Å². The first-order chi connectivity index (χ1) is 11.2. The van der Waals surface area contributed by atoms with Gasteiger partial charge in [0.05, 0.1) is 4.53 Å². The fraction of sp³-hybridized carbons (Fsp3) is 0.125. The summed E-state index contributed by atoms with van der Waals surface area (Å²) in [5.74, 6) is -0.274. The van der Waals surface area contributed by atoms with E-state index in [4.69, 9.17) is 0 Å². The molecule has 116 valence electrons. The van der Waals surface area contributed by atoms with Gasteiger partial charge in [0.15, 0.2) is 4.80 Å². The first-order valence-electron chi connectivity index (χ1n) is 7.00. The molecule has 0 fully saturated rings. The summed E-state index contributed by atoms with van der Waals surface area (Å²) in [4.78, 5) is 20.8. The Morgan fingerprint density at radius 1 is 1.22 bits per heavy atom. The highest BCUT2D eigenvalue weighted by Gasteiger charge is 2.15. The van der Waals surface area contributed by atoms with Gasteiger partial charge in [-0.3, -0.25) is 9.36 Å². The summed E-state index contributed by atoms with van der Waals surface area (Å²) < 4.78 is 15.4. The molecule has 4 rings (SSSR count). The molecule has 3 aromatic rings. The van der Waals surface area contributed by atoms with Crippen molar-refractivity contribution in [2.75, 3.05) is 11.6 Å². The predicted octanol–water partition coefficient (Wildman–Crippen LogP) is 1.99. The van der Waals surface area contributed by atoms with Gasteiger partial charge in [-0.05, 0) is 41.8 Å². The molecular weight excluding hydrogens is 333 g/mol. The number of aromatic nitrogens is 1. The Labute approximate surface area is 139 Å². The van der Waals surface area contributed by atoms with Crippen LogP contribution >= 0.6 is 22.7 Å². The van der Waals surface area contributed by atoms with Gasteiger partial charge in [-0.15, -0.1) is 11.3 Å². The summed E-state index contributed by atoms with van der Waals surface area (Å²) in [5.41, 5.74) is 0.816. The molecule has 4 nitrogen and oxygen atoms in total. The van der Waals surface area contributed by atoms with E-state index in [9.17, 15) is 9.18 Å². The topological polar surface area (TPSA) is 37.6 Å². The molecule has 0 atom stereocenters. The minimum absolute atomic E-state index is 0.0334. The van der Waals surface area contributed by atoms with Crippen molar-refractivity contribution in [3.8, 4) is 0 Å². The molecule has 0 N–H and O–H groups in total. The van der Waals surface area contributed by atoms with Crippen LogP contribution in [0.25, 0.3) is 6.08 Å². The summed E-state index contributed by atoms with van der Waals surface area (Å²) in [7, 11) is 0. The molecule has 0 unspecified atom stereocenters. The van der Waals surface area contributed by atoms with Crippen molar-refractivity contribution in [1.82, 2.24) is 4.57 Å². The number of benzene rings is 1. The van der Waals surface area contributed by atoms with Crippen LogP contribution in [-0.4, -0.2) is 11.2 Å². The number of fused-ring (bicyclic) bond motifs is 1. The maximum atomic E-state index is 13.0. The minimum Gasteiger partial charge on any atom is -0.334 e. The second-order valence-electron chi connectivity index (χ2n) is 5.10. The van der Waals surface area contributed by atoms with Crippen molar-refractivity contribution in [2.45, 2.75) is 6.67 Å². The van der Waals surface area contributed by atoms with Crippen molar-refractivity contribution in [2.24, 2.45) is 4.99 Å². The smallest absolute Gasteiger partial charge is 0.271 e. The zero-order valence-electron chi connectivity index (χ0n) is 12.0. The van der Waals surface area contributed by atoms with E-state index in [1.807, 2.05) is 28.5 Å². The first kappa shape index (κ1) is 14.3. The summed E-state index contributed by atoms with van der Waals surface area (Å²) in [5, 5.41) is 1.98. The van der Waals surface area contributed by atoms with Crippen LogP contribution in [0.2, 0.25) is 0 Å². The third-order valence-corrected chi connectivity index (χ3v) is 5.45. The molecule has 0 saturated heterocycles. The SMILES string of the molecule is O=c1/c(=C/c2cccs2)sc2n1CN(c1ccc(F)cc1)CN=2. The molecule has 0 radical (unpaired) electrons. The fourth-order valence-corrected chi connectivity index (χ4v) is 4.11. The average Bonchev–Trinajstić information content (AvgIpc) is 3.17. The Morgan fingerprint density at radius 3 is 2.78 bits per heavy atom. The van der Waals surface area contributed by atoms with E-state index in [-0.39, 0.29) is 11.4 Å². The maximum absolute atomic E-state index is 13.0. The zero-order chi connectivity index (χ0) is 15.8. The molecule has 0 saturated carbocycles. The second kappa shape index (κ2) is 5.75. The van der Waals surface area contributed by atoms with E-state index in [0.29, 0.717) is 17.9 Å². The van der Waals surface area contributed by atoms with Crippen LogP contribution in [0.15, 0.2) is 51.6 Å². The van der Waals surface area contributed by atoms with E-state index in [1.165, 1.54) is 23.5 Å². The van der Waals surface area contributed by atoms with E-state index in [0.717, 1.165) is 15.4 Å². The van der Waals surface area contributed by atoms with Gasteiger partial charge in [-0.1, -0.05) is 17.4 Å². The molecular formula is C16H12FN3OS2. The quantitative estimate of drug-likeness (QED) is 0.712. The van der Waals surface area contributed by atoms with E-state index in [1.54, 1.807) is 28.0 Å². The molecule has 0 spiro atoms. The molecule has 3 heterocycles. The van der Waals surface area contributed by atoms with Crippen LogP contribution in [0.4, 0.5) is 10.1 Å². The highest BCUT2D eigenvalue weighted by Crippen LogP contribution is 2.16. The van der Waals surface area contributed by atoms with Crippen LogP contribution in [0.5, 0.6) is 0 Å². The van der Waals surface area contributed by atoms with Crippen molar-refractivity contribution < 1.29 is 4.39 Å². The molecule has 2 aromatic heterocycles. The lowest BCUT2D eigenvalue weighted by Gasteiger charge is -2.25. The Bertz CT molecular complexity index is 1000. The molecule has 23 heavy (non-hydrogen) atoms. The number of halogens is 1. The lowest BCUT2D eigenvalue weighted by molar-refractivity contribution is 0.568.